The largest absolute Gasteiger partial charge is 0.466 e. The minimum atomic E-state index is -0.0605. The monoisotopic (exact) mass is 225 g/mol. The third-order valence-electron chi connectivity index (χ3n) is 3.86. The van der Waals surface area contributed by atoms with Crippen molar-refractivity contribution < 1.29 is 14.3 Å². The number of hydrogen-bond acceptors (Lipinski definition) is 3. The van der Waals surface area contributed by atoms with Gasteiger partial charge in [0.15, 0.2) is 0 Å². The molecule has 0 bridgehead atoms. The summed E-state index contributed by atoms with van der Waals surface area (Å²) >= 11 is 0. The van der Waals surface area contributed by atoms with Crippen LogP contribution < -0.4 is 5.32 Å². The highest BCUT2D eigenvalue weighted by Gasteiger charge is 2.42. The smallest absolute Gasteiger partial charge is 0.308 e. The van der Waals surface area contributed by atoms with Crippen LogP contribution in [0.1, 0.15) is 39.0 Å². The molecule has 0 aromatic carbocycles. The Morgan fingerprint density at radius 1 is 1.50 bits per heavy atom. The van der Waals surface area contributed by atoms with Crippen molar-refractivity contribution >= 4 is 11.9 Å². The van der Waals surface area contributed by atoms with Crippen molar-refractivity contribution in [2.45, 2.75) is 39.0 Å². The van der Waals surface area contributed by atoms with Crippen LogP contribution in [-0.4, -0.2) is 25.0 Å². The molecule has 1 saturated heterocycles. The molecule has 0 atom stereocenters. The molecule has 0 radical (unpaired) electrons. The molecule has 2 aliphatic rings. The lowest BCUT2D eigenvalue weighted by molar-refractivity contribution is -0.149. The molecule has 1 aliphatic heterocycles. The molecular weight excluding hydrogens is 206 g/mol. The van der Waals surface area contributed by atoms with Crippen LogP contribution in [0.5, 0.6) is 0 Å². The van der Waals surface area contributed by atoms with E-state index in [9.17, 15) is 9.59 Å². The van der Waals surface area contributed by atoms with Gasteiger partial charge in [0.2, 0.25) is 5.91 Å². The van der Waals surface area contributed by atoms with E-state index in [4.69, 9.17) is 4.74 Å². The van der Waals surface area contributed by atoms with Crippen LogP contribution in [-0.2, 0) is 14.3 Å². The standard InChI is InChI=1S/C12H19NO3/c1-2-16-11(15)9-3-5-12(6-4-9)7-10(14)13-8-12/h9H,2-8H2,1H3,(H,13,14). The summed E-state index contributed by atoms with van der Waals surface area (Å²) in [6.07, 6.45) is 4.31. The molecule has 0 aromatic rings. The Labute approximate surface area is 95.7 Å². The van der Waals surface area contributed by atoms with Gasteiger partial charge in [-0.25, -0.2) is 0 Å². The van der Waals surface area contributed by atoms with Crippen molar-refractivity contribution in [2.75, 3.05) is 13.2 Å². The SMILES string of the molecule is CCOC(=O)C1CCC2(CC1)CNC(=O)C2. The fourth-order valence-electron chi connectivity index (χ4n) is 2.83. The van der Waals surface area contributed by atoms with Gasteiger partial charge in [0.1, 0.15) is 0 Å². The number of ether oxygens (including phenoxy) is 1. The van der Waals surface area contributed by atoms with Crippen LogP contribution in [0.25, 0.3) is 0 Å². The Morgan fingerprint density at radius 2 is 2.19 bits per heavy atom. The molecule has 1 amide bonds. The van der Waals surface area contributed by atoms with Crippen molar-refractivity contribution in [1.82, 2.24) is 5.32 Å². The number of hydrogen-bond donors (Lipinski definition) is 1. The van der Waals surface area contributed by atoms with Gasteiger partial charge in [0.05, 0.1) is 12.5 Å². The van der Waals surface area contributed by atoms with Gasteiger partial charge in [-0.15, -0.1) is 0 Å². The first kappa shape index (κ1) is 11.4. The molecule has 0 aromatic heterocycles. The van der Waals surface area contributed by atoms with Gasteiger partial charge in [-0.3, -0.25) is 9.59 Å². The Kier molecular flexibility index (Phi) is 3.17. The lowest BCUT2D eigenvalue weighted by Crippen LogP contribution is -2.32. The highest BCUT2D eigenvalue weighted by molar-refractivity contribution is 5.79. The molecule has 1 aliphatic carbocycles. The molecule has 16 heavy (non-hydrogen) atoms. The molecule has 1 saturated carbocycles. The van der Waals surface area contributed by atoms with Crippen LogP contribution in [0.3, 0.4) is 0 Å². The van der Waals surface area contributed by atoms with Crippen molar-refractivity contribution in [1.29, 1.82) is 0 Å². The Balaban J connectivity index is 1.87. The predicted octanol–water partition coefficient (Wildman–Crippen LogP) is 1.25. The number of amides is 1. The van der Waals surface area contributed by atoms with E-state index in [1.54, 1.807) is 0 Å². The second kappa shape index (κ2) is 4.44. The fraction of sp³-hybridized carbons (Fsp3) is 0.833. The second-order valence-electron chi connectivity index (χ2n) is 4.98. The molecular formula is C12H19NO3. The maximum atomic E-state index is 11.6. The predicted molar refractivity (Wildman–Crippen MR) is 58.7 cm³/mol. The van der Waals surface area contributed by atoms with Gasteiger partial charge in [-0.1, -0.05) is 0 Å². The summed E-state index contributed by atoms with van der Waals surface area (Å²) in [6, 6.07) is 0. The van der Waals surface area contributed by atoms with Gasteiger partial charge in [0, 0.05) is 13.0 Å². The van der Waals surface area contributed by atoms with E-state index in [2.05, 4.69) is 5.32 Å². The summed E-state index contributed by atoms with van der Waals surface area (Å²) in [6.45, 7) is 3.09. The van der Waals surface area contributed by atoms with Crippen LogP contribution in [0.15, 0.2) is 0 Å². The summed E-state index contributed by atoms with van der Waals surface area (Å²) in [7, 11) is 0. The minimum Gasteiger partial charge on any atom is -0.466 e. The molecule has 2 fully saturated rings. The maximum Gasteiger partial charge on any atom is 0.308 e. The van der Waals surface area contributed by atoms with E-state index in [0.29, 0.717) is 13.0 Å². The average Bonchev–Trinajstić information content (AvgIpc) is 2.61. The first-order valence-corrected chi connectivity index (χ1v) is 6.08. The molecule has 0 unspecified atom stereocenters. The van der Waals surface area contributed by atoms with Crippen molar-refractivity contribution in [3.8, 4) is 0 Å². The average molecular weight is 225 g/mol. The highest BCUT2D eigenvalue weighted by Crippen LogP contribution is 2.43. The van der Waals surface area contributed by atoms with Crippen molar-refractivity contribution in [3.05, 3.63) is 0 Å². The van der Waals surface area contributed by atoms with Crippen molar-refractivity contribution in [2.24, 2.45) is 11.3 Å². The number of carbonyl (C=O) groups is 2. The molecule has 1 N–H and O–H groups in total. The second-order valence-corrected chi connectivity index (χ2v) is 4.98. The van der Waals surface area contributed by atoms with E-state index in [0.717, 1.165) is 32.2 Å². The third kappa shape index (κ3) is 2.20. The Morgan fingerprint density at radius 3 is 2.69 bits per heavy atom. The number of rotatable bonds is 2. The van der Waals surface area contributed by atoms with Gasteiger partial charge < -0.3 is 10.1 Å². The molecule has 1 heterocycles. The number of carbonyl (C=O) groups excluding carboxylic acids is 2. The van der Waals surface area contributed by atoms with E-state index in [-0.39, 0.29) is 23.2 Å². The lowest BCUT2D eigenvalue weighted by Gasteiger charge is -2.34. The highest BCUT2D eigenvalue weighted by atomic mass is 16.5. The summed E-state index contributed by atoms with van der Waals surface area (Å²) in [5, 5.41) is 2.89. The van der Waals surface area contributed by atoms with E-state index in [1.807, 2.05) is 6.92 Å². The number of esters is 1. The molecule has 4 nitrogen and oxygen atoms in total. The zero-order valence-electron chi connectivity index (χ0n) is 9.75. The summed E-state index contributed by atoms with van der Waals surface area (Å²) in [5.41, 5.74) is 0.139. The lowest BCUT2D eigenvalue weighted by atomic mass is 9.70. The topological polar surface area (TPSA) is 55.4 Å². The molecule has 2 rings (SSSR count). The summed E-state index contributed by atoms with van der Waals surface area (Å²) in [5.74, 6) is 0.158. The minimum absolute atomic E-state index is 0.0567. The van der Waals surface area contributed by atoms with Crippen molar-refractivity contribution in [3.63, 3.8) is 0 Å². The quantitative estimate of drug-likeness (QED) is 0.719. The number of nitrogens with one attached hydrogen (secondary N) is 1. The Bertz CT molecular complexity index is 293. The fourth-order valence-corrected chi connectivity index (χ4v) is 2.83. The van der Waals surface area contributed by atoms with Crippen LogP contribution >= 0.6 is 0 Å². The van der Waals surface area contributed by atoms with Gasteiger partial charge in [0.25, 0.3) is 0 Å². The summed E-state index contributed by atoms with van der Waals surface area (Å²) in [4.78, 5) is 22.8. The van der Waals surface area contributed by atoms with Gasteiger partial charge >= 0.3 is 5.97 Å². The summed E-state index contributed by atoms with van der Waals surface area (Å²) < 4.78 is 5.03. The Hall–Kier alpha value is -1.06. The first-order valence-electron chi connectivity index (χ1n) is 6.08. The van der Waals surface area contributed by atoms with Gasteiger partial charge in [-0.05, 0) is 38.0 Å². The molecule has 1 spiro atoms. The van der Waals surface area contributed by atoms with E-state index in [1.165, 1.54) is 0 Å². The van der Waals surface area contributed by atoms with Crippen LogP contribution in [0.2, 0.25) is 0 Å². The zero-order chi connectivity index (χ0) is 11.6. The third-order valence-corrected chi connectivity index (χ3v) is 3.86. The normalized spacial score (nSPS) is 33.8. The van der Waals surface area contributed by atoms with E-state index < -0.39 is 0 Å². The maximum absolute atomic E-state index is 11.6. The molecule has 4 heteroatoms. The first-order chi connectivity index (χ1) is 7.65. The van der Waals surface area contributed by atoms with Crippen LogP contribution in [0, 0.1) is 11.3 Å². The molecule has 90 valence electrons. The van der Waals surface area contributed by atoms with Gasteiger partial charge in [-0.2, -0.15) is 0 Å². The van der Waals surface area contributed by atoms with Crippen LogP contribution in [0.4, 0.5) is 0 Å². The van der Waals surface area contributed by atoms with E-state index >= 15 is 0 Å². The zero-order valence-corrected chi connectivity index (χ0v) is 9.75.